The molecule has 1 fully saturated rings. The number of likely N-dealkylation sites (N-methyl/N-ethyl adjacent to an activating group) is 1. The molecule has 0 aromatic rings. The molecule has 0 aromatic carbocycles. The largest absolute Gasteiger partial charge is 0.383 e. The lowest BCUT2D eigenvalue weighted by atomic mass is 10.1. The molecule has 90 valence electrons. The van der Waals surface area contributed by atoms with Crippen molar-refractivity contribution in [2.75, 3.05) is 27.3 Å². The van der Waals surface area contributed by atoms with Gasteiger partial charge in [-0.3, -0.25) is 4.90 Å². The van der Waals surface area contributed by atoms with Crippen LogP contribution in [-0.2, 0) is 4.74 Å². The van der Waals surface area contributed by atoms with E-state index >= 15 is 0 Å². The maximum Gasteiger partial charge on any atom is 0.0630 e. The van der Waals surface area contributed by atoms with Crippen molar-refractivity contribution in [1.29, 1.82) is 0 Å². The van der Waals surface area contributed by atoms with Gasteiger partial charge < -0.3 is 10.5 Å². The average Bonchev–Trinajstić information content (AvgIpc) is 2.53. The molecule has 0 amide bonds. The van der Waals surface area contributed by atoms with E-state index in [1.54, 1.807) is 7.11 Å². The molecule has 3 heteroatoms. The van der Waals surface area contributed by atoms with Crippen molar-refractivity contribution in [3.8, 4) is 0 Å². The van der Waals surface area contributed by atoms with Crippen LogP contribution in [-0.4, -0.2) is 44.3 Å². The lowest BCUT2D eigenvalue weighted by Crippen LogP contribution is -2.46. The van der Waals surface area contributed by atoms with Crippen LogP contribution in [0.1, 0.15) is 38.5 Å². The first-order valence-electron chi connectivity index (χ1n) is 6.20. The minimum absolute atomic E-state index is 0.387. The van der Waals surface area contributed by atoms with Crippen molar-refractivity contribution in [3.63, 3.8) is 0 Å². The van der Waals surface area contributed by atoms with E-state index in [4.69, 9.17) is 10.5 Å². The Balaban J connectivity index is 2.43. The molecule has 0 aromatic heterocycles. The van der Waals surface area contributed by atoms with Crippen molar-refractivity contribution in [2.24, 2.45) is 5.73 Å². The van der Waals surface area contributed by atoms with Gasteiger partial charge in [-0.1, -0.05) is 25.7 Å². The van der Waals surface area contributed by atoms with Crippen molar-refractivity contribution < 1.29 is 4.74 Å². The topological polar surface area (TPSA) is 38.5 Å². The zero-order valence-corrected chi connectivity index (χ0v) is 10.2. The van der Waals surface area contributed by atoms with Crippen LogP contribution in [0, 0.1) is 0 Å². The van der Waals surface area contributed by atoms with Crippen LogP contribution in [0.2, 0.25) is 0 Å². The molecule has 0 aliphatic heterocycles. The van der Waals surface area contributed by atoms with Gasteiger partial charge in [0.15, 0.2) is 0 Å². The SMILES string of the molecule is COCC(CN)N(C)C1CCCCCC1. The van der Waals surface area contributed by atoms with Crippen LogP contribution >= 0.6 is 0 Å². The second-order valence-corrected chi connectivity index (χ2v) is 4.66. The van der Waals surface area contributed by atoms with E-state index in [2.05, 4.69) is 11.9 Å². The van der Waals surface area contributed by atoms with Crippen LogP contribution in [0.25, 0.3) is 0 Å². The van der Waals surface area contributed by atoms with Crippen molar-refractivity contribution in [3.05, 3.63) is 0 Å². The van der Waals surface area contributed by atoms with Gasteiger partial charge in [0.1, 0.15) is 0 Å². The van der Waals surface area contributed by atoms with E-state index in [-0.39, 0.29) is 0 Å². The number of methoxy groups -OCH3 is 1. The molecule has 15 heavy (non-hydrogen) atoms. The molecule has 2 N–H and O–H groups in total. The molecule has 1 saturated carbocycles. The van der Waals surface area contributed by atoms with Gasteiger partial charge in [0.2, 0.25) is 0 Å². The maximum atomic E-state index is 5.78. The second kappa shape index (κ2) is 7.20. The number of nitrogens with zero attached hydrogens (tertiary/aromatic N) is 1. The van der Waals surface area contributed by atoms with Crippen molar-refractivity contribution in [1.82, 2.24) is 4.90 Å². The Kier molecular flexibility index (Phi) is 6.22. The Bertz CT molecular complexity index is 156. The van der Waals surface area contributed by atoms with E-state index in [0.717, 1.165) is 12.6 Å². The first kappa shape index (κ1) is 12.9. The zero-order chi connectivity index (χ0) is 11.1. The number of hydrogen-bond acceptors (Lipinski definition) is 3. The Morgan fingerprint density at radius 3 is 2.33 bits per heavy atom. The molecule has 0 spiro atoms. The van der Waals surface area contributed by atoms with Gasteiger partial charge in [-0.25, -0.2) is 0 Å². The standard InChI is InChI=1S/C12H26N2O/c1-14(12(9-13)10-15-2)11-7-5-3-4-6-8-11/h11-12H,3-10,13H2,1-2H3. The Morgan fingerprint density at radius 2 is 1.87 bits per heavy atom. The van der Waals surface area contributed by atoms with E-state index < -0.39 is 0 Å². The van der Waals surface area contributed by atoms with Crippen molar-refractivity contribution in [2.45, 2.75) is 50.6 Å². The fraction of sp³-hybridized carbons (Fsp3) is 1.00. The molecule has 1 atom stereocenters. The van der Waals surface area contributed by atoms with Crippen LogP contribution < -0.4 is 5.73 Å². The molecule has 3 nitrogen and oxygen atoms in total. The molecule has 0 heterocycles. The molecule has 1 aliphatic rings. The lowest BCUT2D eigenvalue weighted by Gasteiger charge is -2.33. The van der Waals surface area contributed by atoms with Gasteiger partial charge in [-0.15, -0.1) is 0 Å². The summed E-state index contributed by atoms with van der Waals surface area (Å²) in [6, 6.07) is 1.11. The number of nitrogens with two attached hydrogens (primary N) is 1. The maximum absolute atomic E-state index is 5.78. The Morgan fingerprint density at radius 1 is 1.27 bits per heavy atom. The van der Waals surface area contributed by atoms with Gasteiger partial charge >= 0.3 is 0 Å². The quantitative estimate of drug-likeness (QED) is 0.707. The minimum atomic E-state index is 0.387. The fourth-order valence-corrected chi connectivity index (χ4v) is 2.51. The Hall–Kier alpha value is -0.120. The van der Waals surface area contributed by atoms with E-state index in [1.165, 1.54) is 38.5 Å². The highest BCUT2D eigenvalue weighted by Gasteiger charge is 2.22. The van der Waals surface area contributed by atoms with E-state index in [0.29, 0.717) is 12.6 Å². The first-order chi connectivity index (χ1) is 7.29. The van der Waals surface area contributed by atoms with Crippen LogP contribution in [0.3, 0.4) is 0 Å². The predicted molar refractivity (Wildman–Crippen MR) is 64.0 cm³/mol. The summed E-state index contributed by atoms with van der Waals surface area (Å²) >= 11 is 0. The molecule has 0 saturated heterocycles. The highest BCUT2D eigenvalue weighted by atomic mass is 16.5. The average molecular weight is 214 g/mol. The highest BCUT2D eigenvalue weighted by molar-refractivity contribution is 4.78. The van der Waals surface area contributed by atoms with Crippen LogP contribution in [0.5, 0.6) is 0 Å². The third-order valence-corrected chi connectivity index (χ3v) is 3.61. The van der Waals surface area contributed by atoms with Gasteiger partial charge in [-0.2, -0.15) is 0 Å². The van der Waals surface area contributed by atoms with Gasteiger partial charge in [0.25, 0.3) is 0 Å². The molecular formula is C12H26N2O. The molecule has 0 radical (unpaired) electrons. The van der Waals surface area contributed by atoms with Gasteiger partial charge in [-0.05, 0) is 19.9 Å². The third-order valence-electron chi connectivity index (χ3n) is 3.61. The highest BCUT2D eigenvalue weighted by Crippen LogP contribution is 2.22. The molecule has 0 bridgehead atoms. The summed E-state index contributed by atoms with van der Waals surface area (Å²) in [5.74, 6) is 0. The predicted octanol–water partition coefficient (Wildman–Crippen LogP) is 1.61. The van der Waals surface area contributed by atoms with E-state index in [1.807, 2.05) is 0 Å². The summed E-state index contributed by atoms with van der Waals surface area (Å²) in [6.45, 7) is 1.45. The number of hydrogen-bond donors (Lipinski definition) is 1. The summed E-state index contributed by atoms with van der Waals surface area (Å²) in [5.41, 5.74) is 5.78. The summed E-state index contributed by atoms with van der Waals surface area (Å²) in [4.78, 5) is 2.44. The molecule has 1 rings (SSSR count). The van der Waals surface area contributed by atoms with Gasteiger partial charge in [0, 0.05) is 25.7 Å². The van der Waals surface area contributed by atoms with E-state index in [9.17, 15) is 0 Å². The van der Waals surface area contributed by atoms with Gasteiger partial charge in [0.05, 0.1) is 6.61 Å². The Labute approximate surface area is 94.0 Å². The normalized spacial score (nSPS) is 21.6. The lowest BCUT2D eigenvalue weighted by molar-refractivity contribution is 0.0786. The van der Waals surface area contributed by atoms with Crippen LogP contribution in [0.15, 0.2) is 0 Å². The number of ether oxygens (including phenoxy) is 1. The smallest absolute Gasteiger partial charge is 0.0630 e. The van der Waals surface area contributed by atoms with Crippen molar-refractivity contribution >= 4 is 0 Å². The zero-order valence-electron chi connectivity index (χ0n) is 10.2. The first-order valence-corrected chi connectivity index (χ1v) is 6.20. The molecule has 1 unspecified atom stereocenters. The monoisotopic (exact) mass is 214 g/mol. The van der Waals surface area contributed by atoms with Crippen LogP contribution in [0.4, 0.5) is 0 Å². The molecular weight excluding hydrogens is 188 g/mol. The fourth-order valence-electron chi connectivity index (χ4n) is 2.51. The summed E-state index contributed by atoms with van der Waals surface area (Å²) < 4.78 is 5.22. The summed E-state index contributed by atoms with van der Waals surface area (Å²) in [5, 5.41) is 0. The third kappa shape index (κ3) is 4.09. The minimum Gasteiger partial charge on any atom is -0.383 e. The molecule has 1 aliphatic carbocycles. The summed E-state index contributed by atoms with van der Waals surface area (Å²) in [6.07, 6.45) is 8.22. The summed E-state index contributed by atoms with van der Waals surface area (Å²) in [7, 11) is 3.95. The second-order valence-electron chi connectivity index (χ2n) is 4.66. The number of rotatable bonds is 5.